The minimum Gasteiger partial charge on any atom is -0.495 e. The van der Waals surface area contributed by atoms with Gasteiger partial charge in [-0.05, 0) is 54.3 Å². The number of hydrogen-bond donors (Lipinski definition) is 1. The molecule has 0 saturated heterocycles. The fraction of sp³-hybridized carbons (Fsp3) is 0.355. The van der Waals surface area contributed by atoms with Gasteiger partial charge < -0.3 is 15.0 Å². The van der Waals surface area contributed by atoms with E-state index in [1.807, 2.05) is 61.5 Å². The van der Waals surface area contributed by atoms with Crippen molar-refractivity contribution in [3.05, 3.63) is 93.4 Å². The highest BCUT2D eigenvalue weighted by atomic mass is 79.9. The third-order valence-corrected chi connectivity index (χ3v) is 8.62. The number of ether oxygens (including phenoxy) is 1. The minimum atomic E-state index is -3.67. The van der Waals surface area contributed by atoms with Crippen LogP contribution in [-0.2, 0) is 32.6 Å². The lowest BCUT2D eigenvalue weighted by atomic mass is 10.0. The Morgan fingerprint density at radius 1 is 1.02 bits per heavy atom. The predicted molar refractivity (Wildman–Crippen MR) is 171 cm³/mol. The molecular weight excluding hydrogens is 642 g/mol. The monoisotopic (exact) mass is 677 g/mol. The normalized spacial score (nSPS) is 11.9. The van der Waals surface area contributed by atoms with Crippen molar-refractivity contribution in [1.82, 2.24) is 10.2 Å². The van der Waals surface area contributed by atoms with Crippen LogP contribution in [0.25, 0.3) is 0 Å². The molecule has 1 N–H and O–H groups in total. The van der Waals surface area contributed by atoms with Crippen molar-refractivity contribution < 1.29 is 22.7 Å². The number of hydrogen-bond acceptors (Lipinski definition) is 5. The average molecular weight is 679 g/mol. The molecule has 2 amide bonds. The average Bonchev–Trinajstić information content (AvgIpc) is 2.95. The Kier molecular flexibility index (Phi) is 12.7. The Bertz CT molecular complexity index is 1460. The molecule has 1 unspecified atom stereocenters. The van der Waals surface area contributed by atoms with Crippen molar-refractivity contribution in [3.8, 4) is 5.75 Å². The van der Waals surface area contributed by atoms with Crippen LogP contribution in [0, 0.1) is 0 Å². The first-order chi connectivity index (χ1) is 20.0. The summed E-state index contributed by atoms with van der Waals surface area (Å²) in [5, 5.41) is 3.24. The molecule has 0 fully saturated rings. The standard InChI is InChI=1S/C31H37BrClN3O5S/c1-4-17-34-31(38)28(20-23-10-6-5-7-11-23)35(22-24-12-8-13-25(32)19-24)30(37)14-9-18-36(42(3,39)40)26-15-16-29(41-2)27(33)21-26/h5-8,10-13,15-16,19,21,28H,4,9,14,17-18,20,22H2,1-3H3,(H,34,38). The van der Waals surface area contributed by atoms with E-state index in [0.717, 1.165) is 28.3 Å². The fourth-order valence-corrected chi connectivity index (χ4v) is 6.22. The maximum absolute atomic E-state index is 13.9. The minimum absolute atomic E-state index is 0.0380. The van der Waals surface area contributed by atoms with Gasteiger partial charge in [-0.25, -0.2) is 8.42 Å². The molecule has 0 spiro atoms. The highest BCUT2D eigenvalue weighted by Crippen LogP contribution is 2.30. The maximum Gasteiger partial charge on any atom is 0.243 e. The van der Waals surface area contributed by atoms with E-state index < -0.39 is 16.1 Å². The summed E-state index contributed by atoms with van der Waals surface area (Å²) in [5.74, 6) is -0.0449. The molecule has 0 bridgehead atoms. The van der Waals surface area contributed by atoms with E-state index in [1.165, 1.54) is 17.5 Å². The number of halogens is 2. The largest absolute Gasteiger partial charge is 0.495 e. The summed E-state index contributed by atoms with van der Waals surface area (Å²) in [5.41, 5.74) is 2.17. The van der Waals surface area contributed by atoms with Gasteiger partial charge in [0, 0.05) is 36.9 Å². The van der Waals surface area contributed by atoms with Crippen LogP contribution in [-0.4, -0.2) is 57.6 Å². The van der Waals surface area contributed by atoms with Gasteiger partial charge in [-0.2, -0.15) is 0 Å². The van der Waals surface area contributed by atoms with Gasteiger partial charge >= 0.3 is 0 Å². The molecule has 3 rings (SSSR count). The summed E-state index contributed by atoms with van der Waals surface area (Å²) in [6.07, 6.45) is 2.49. The van der Waals surface area contributed by atoms with Crippen LogP contribution >= 0.6 is 27.5 Å². The Morgan fingerprint density at radius 3 is 2.36 bits per heavy atom. The van der Waals surface area contributed by atoms with Crippen molar-refractivity contribution >= 4 is 55.1 Å². The highest BCUT2D eigenvalue weighted by molar-refractivity contribution is 9.10. The molecular formula is C31H37BrClN3O5S. The van der Waals surface area contributed by atoms with Crippen LogP contribution in [0.2, 0.25) is 5.02 Å². The van der Waals surface area contributed by atoms with Gasteiger partial charge in [0.25, 0.3) is 0 Å². The highest BCUT2D eigenvalue weighted by Gasteiger charge is 2.30. The van der Waals surface area contributed by atoms with E-state index in [1.54, 1.807) is 17.0 Å². The molecule has 3 aromatic carbocycles. The number of amides is 2. The number of methoxy groups -OCH3 is 1. The molecule has 0 saturated carbocycles. The van der Waals surface area contributed by atoms with Crippen molar-refractivity contribution in [2.45, 2.75) is 45.2 Å². The van der Waals surface area contributed by atoms with Gasteiger partial charge in [-0.1, -0.05) is 76.9 Å². The topological polar surface area (TPSA) is 96.0 Å². The Hall–Kier alpha value is -3.08. The number of benzene rings is 3. The molecule has 42 heavy (non-hydrogen) atoms. The van der Waals surface area contributed by atoms with Crippen LogP contribution in [0.3, 0.4) is 0 Å². The molecule has 8 nitrogen and oxygen atoms in total. The summed E-state index contributed by atoms with van der Waals surface area (Å²) in [6.45, 7) is 2.75. The third-order valence-electron chi connectivity index (χ3n) is 6.64. The maximum atomic E-state index is 13.9. The van der Waals surface area contributed by atoms with Gasteiger partial charge in [-0.3, -0.25) is 13.9 Å². The molecule has 0 radical (unpaired) electrons. The van der Waals surface area contributed by atoms with Gasteiger partial charge in [0.1, 0.15) is 11.8 Å². The summed E-state index contributed by atoms with van der Waals surface area (Å²) in [6, 6.07) is 21.2. The summed E-state index contributed by atoms with van der Waals surface area (Å²) < 4.78 is 32.6. The lowest BCUT2D eigenvalue weighted by Gasteiger charge is -2.32. The van der Waals surface area contributed by atoms with Crippen LogP contribution in [0.5, 0.6) is 5.75 Å². The zero-order chi connectivity index (χ0) is 30.7. The smallest absolute Gasteiger partial charge is 0.243 e. The van der Waals surface area contributed by atoms with E-state index in [0.29, 0.717) is 24.4 Å². The van der Waals surface area contributed by atoms with Crippen LogP contribution in [0.15, 0.2) is 77.3 Å². The first-order valence-electron chi connectivity index (χ1n) is 13.7. The zero-order valence-corrected chi connectivity index (χ0v) is 27.2. The van der Waals surface area contributed by atoms with E-state index in [4.69, 9.17) is 16.3 Å². The molecule has 226 valence electrons. The molecule has 0 aliphatic heterocycles. The van der Waals surface area contributed by atoms with Crippen LogP contribution in [0.4, 0.5) is 5.69 Å². The zero-order valence-electron chi connectivity index (χ0n) is 24.1. The number of sulfonamides is 1. The molecule has 0 aromatic heterocycles. The lowest BCUT2D eigenvalue weighted by molar-refractivity contribution is -0.141. The van der Waals surface area contributed by atoms with Crippen molar-refractivity contribution in [2.24, 2.45) is 0 Å². The fourth-order valence-electron chi connectivity index (χ4n) is 4.57. The summed E-state index contributed by atoms with van der Waals surface area (Å²) >= 11 is 9.75. The molecule has 0 aliphatic rings. The van der Waals surface area contributed by atoms with E-state index >= 15 is 0 Å². The second-order valence-electron chi connectivity index (χ2n) is 9.91. The molecule has 0 aliphatic carbocycles. The number of nitrogens with one attached hydrogen (secondary N) is 1. The second-order valence-corrected chi connectivity index (χ2v) is 13.1. The molecule has 11 heteroatoms. The van der Waals surface area contributed by atoms with E-state index in [9.17, 15) is 18.0 Å². The van der Waals surface area contributed by atoms with Gasteiger partial charge in [0.2, 0.25) is 21.8 Å². The van der Waals surface area contributed by atoms with E-state index in [-0.39, 0.29) is 42.8 Å². The quantitative estimate of drug-likeness (QED) is 0.219. The number of rotatable bonds is 15. The Balaban J connectivity index is 1.87. The molecule has 1 atom stereocenters. The first kappa shape index (κ1) is 33.4. The summed E-state index contributed by atoms with van der Waals surface area (Å²) in [4.78, 5) is 29.0. The second kappa shape index (κ2) is 16.0. The van der Waals surface area contributed by atoms with Crippen molar-refractivity contribution in [2.75, 3.05) is 30.8 Å². The van der Waals surface area contributed by atoms with Crippen molar-refractivity contribution in [1.29, 1.82) is 0 Å². The Morgan fingerprint density at radius 2 is 1.74 bits per heavy atom. The molecule has 3 aromatic rings. The first-order valence-corrected chi connectivity index (χ1v) is 16.7. The van der Waals surface area contributed by atoms with Crippen LogP contribution < -0.4 is 14.4 Å². The van der Waals surface area contributed by atoms with Gasteiger partial charge in [-0.15, -0.1) is 0 Å². The SMILES string of the molecule is CCCNC(=O)C(Cc1ccccc1)N(Cc1cccc(Br)c1)C(=O)CCCN(c1ccc(OC)c(Cl)c1)S(C)(=O)=O. The summed E-state index contributed by atoms with van der Waals surface area (Å²) in [7, 11) is -2.19. The number of anilines is 1. The molecule has 0 heterocycles. The van der Waals surface area contributed by atoms with Gasteiger partial charge in [0.15, 0.2) is 0 Å². The third kappa shape index (κ3) is 9.74. The lowest BCUT2D eigenvalue weighted by Crippen LogP contribution is -2.50. The Labute approximate surface area is 262 Å². The number of nitrogens with zero attached hydrogens (tertiary/aromatic N) is 2. The number of carbonyl (C=O) groups is 2. The van der Waals surface area contributed by atoms with Crippen LogP contribution in [0.1, 0.15) is 37.3 Å². The number of carbonyl (C=O) groups excluding carboxylic acids is 2. The predicted octanol–water partition coefficient (Wildman–Crippen LogP) is 5.82. The van der Waals surface area contributed by atoms with Crippen molar-refractivity contribution in [3.63, 3.8) is 0 Å². The van der Waals surface area contributed by atoms with E-state index in [2.05, 4.69) is 21.2 Å². The van der Waals surface area contributed by atoms with Gasteiger partial charge in [0.05, 0.1) is 24.1 Å².